The van der Waals surface area contributed by atoms with E-state index in [1.165, 1.54) is 0 Å². The maximum atomic E-state index is 12.5. The van der Waals surface area contributed by atoms with Crippen molar-refractivity contribution in [2.75, 3.05) is 0 Å². The van der Waals surface area contributed by atoms with E-state index in [1.54, 1.807) is 25.1 Å². The molecule has 2 rings (SSSR count). The fourth-order valence-corrected chi connectivity index (χ4v) is 2.51. The quantitative estimate of drug-likeness (QED) is 0.884. The van der Waals surface area contributed by atoms with Crippen LogP contribution in [0.1, 0.15) is 36.9 Å². The van der Waals surface area contributed by atoms with Crippen LogP contribution in [0.2, 0.25) is 10.0 Å². The number of halogens is 2. The van der Waals surface area contributed by atoms with Gasteiger partial charge in [-0.2, -0.15) is 0 Å². The molecule has 1 aromatic heterocycles. The lowest BCUT2D eigenvalue weighted by Crippen LogP contribution is -2.40. The molecule has 0 radical (unpaired) electrons. The monoisotopic (exact) mass is 326 g/mol. The predicted molar refractivity (Wildman–Crippen MR) is 83.9 cm³/mol. The van der Waals surface area contributed by atoms with Gasteiger partial charge in [-0.05, 0) is 39.8 Å². The summed E-state index contributed by atoms with van der Waals surface area (Å²) in [6.07, 6.45) is 0. The van der Waals surface area contributed by atoms with E-state index in [2.05, 4.69) is 10.5 Å². The molecule has 21 heavy (non-hydrogen) atoms. The van der Waals surface area contributed by atoms with Crippen molar-refractivity contribution in [1.82, 2.24) is 10.5 Å². The number of hydrogen-bond acceptors (Lipinski definition) is 3. The van der Waals surface area contributed by atoms with Gasteiger partial charge in [-0.25, -0.2) is 0 Å². The summed E-state index contributed by atoms with van der Waals surface area (Å²) in [7, 11) is 0. The Kier molecular flexibility index (Phi) is 4.30. The van der Waals surface area contributed by atoms with E-state index < -0.39 is 0 Å². The van der Waals surface area contributed by atoms with Crippen molar-refractivity contribution >= 4 is 29.1 Å². The molecule has 2 aromatic rings. The second-order valence-electron chi connectivity index (χ2n) is 5.76. The Labute approximate surface area is 133 Å². The molecule has 1 amide bonds. The maximum Gasteiger partial charge on any atom is 0.257 e. The lowest BCUT2D eigenvalue weighted by molar-refractivity contribution is 0.0918. The Hall–Kier alpha value is -1.52. The topological polar surface area (TPSA) is 55.1 Å². The molecule has 0 bridgehead atoms. The zero-order chi connectivity index (χ0) is 15.8. The minimum Gasteiger partial charge on any atom is -0.360 e. The van der Waals surface area contributed by atoms with Crippen molar-refractivity contribution < 1.29 is 9.32 Å². The third-order valence-electron chi connectivity index (χ3n) is 2.78. The molecule has 1 N–H and O–H groups in total. The van der Waals surface area contributed by atoms with Gasteiger partial charge < -0.3 is 9.84 Å². The third kappa shape index (κ3) is 3.39. The fourth-order valence-electron chi connectivity index (χ4n) is 1.94. The summed E-state index contributed by atoms with van der Waals surface area (Å²) >= 11 is 12.4. The Morgan fingerprint density at radius 2 is 1.81 bits per heavy atom. The standard InChI is InChI=1S/C15H16Cl2N2O2/c1-8-11(14(20)18-15(2,3)4)13(19-21-8)12-9(16)6-5-7-10(12)17/h5-7H,1-4H3,(H,18,20). The van der Waals surface area contributed by atoms with Crippen LogP contribution in [0.3, 0.4) is 0 Å². The average molecular weight is 327 g/mol. The smallest absolute Gasteiger partial charge is 0.257 e. The van der Waals surface area contributed by atoms with E-state index in [0.29, 0.717) is 32.6 Å². The molecule has 0 saturated heterocycles. The number of benzene rings is 1. The van der Waals surface area contributed by atoms with E-state index in [-0.39, 0.29) is 11.4 Å². The molecule has 0 aliphatic carbocycles. The van der Waals surface area contributed by atoms with Crippen molar-refractivity contribution in [1.29, 1.82) is 0 Å². The van der Waals surface area contributed by atoms with Gasteiger partial charge in [0, 0.05) is 11.1 Å². The highest BCUT2D eigenvalue weighted by atomic mass is 35.5. The van der Waals surface area contributed by atoms with E-state index in [9.17, 15) is 4.79 Å². The molecule has 0 aliphatic heterocycles. The predicted octanol–water partition coefficient (Wildman–Crippen LogP) is 4.49. The third-order valence-corrected chi connectivity index (χ3v) is 3.41. The van der Waals surface area contributed by atoms with Crippen LogP contribution in [0, 0.1) is 6.92 Å². The molecule has 0 atom stereocenters. The first-order chi connectivity index (χ1) is 9.70. The number of amides is 1. The number of aryl methyl sites for hydroxylation is 1. The highest BCUT2D eigenvalue weighted by Crippen LogP contribution is 2.36. The summed E-state index contributed by atoms with van der Waals surface area (Å²) in [6, 6.07) is 5.12. The van der Waals surface area contributed by atoms with Crippen LogP contribution in [0.5, 0.6) is 0 Å². The Morgan fingerprint density at radius 3 is 2.33 bits per heavy atom. The van der Waals surface area contributed by atoms with Crippen LogP contribution in [-0.4, -0.2) is 16.6 Å². The van der Waals surface area contributed by atoms with Gasteiger partial charge in [-0.15, -0.1) is 0 Å². The molecule has 1 heterocycles. The minimum absolute atomic E-state index is 0.271. The highest BCUT2D eigenvalue weighted by molar-refractivity contribution is 6.39. The van der Waals surface area contributed by atoms with Crippen molar-refractivity contribution in [3.8, 4) is 11.3 Å². The highest BCUT2D eigenvalue weighted by Gasteiger charge is 2.26. The molecular weight excluding hydrogens is 311 g/mol. The van der Waals surface area contributed by atoms with Crippen molar-refractivity contribution in [2.24, 2.45) is 0 Å². The van der Waals surface area contributed by atoms with Gasteiger partial charge in [0.15, 0.2) is 0 Å². The van der Waals surface area contributed by atoms with Gasteiger partial charge in [0.1, 0.15) is 17.0 Å². The second kappa shape index (κ2) is 5.70. The average Bonchev–Trinajstić information content (AvgIpc) is 2.68. The zero-order valence-corrected chi connectivity index (χ0v) is 13.8. The van der Waals surface area contributed by atoms with Crippen LogP contribution in [0.25, 0.3) is 11.3 Å². The molecule has 0 fully saturated rings. The van der Waals surface area contributed by atoms with Crippen LogP contribution in [0.15, 0.2) is 22.7 Å². The normalized spacial score (nSPS) is 11.5. The van der Waals surface area contributed by atoms with E-state index >= 15 is 0 Å². The van der Waals surface area contributed by atoms with Crippen molar-refractivity contribution in [3.05, 3.63) is 39.6 Å². The van der Waals surface area contributed by atoms with E-state index in [4.69, 9.17) is 27.7 Å². The molecule has 0 unspecified atom stereocenters. The number of rotatable bonds is 2. The Bertz CT molecular complexity index is 667. The van der Waals surface area contributed by atoms with Crippen LogP contribution < -0.4 is 5.32 Å². The van der Waals surface area contributed by atoms with Crippen LogP contribution in [0.4, 0.5) is 0 Å². The summed E-state index contributed by atoms with van der Waals surface area (Å²) < 4.78 is 5.17. The summed E-state index contributed by atoms with van der Waals surface area (Å²) in [5.74, 6) is 0.148. The van der Waals surface area contributed by atoms with Crippen LogP contribution >= 0.6 is 23.2 Å². The number of carbonyl (C=O) groups is 1. The minimum atomic E-state index is -0.373. The summed E-state index contributed by atoms with van der Waals surface area (Å²) in [5, 5.41) is 7.67. The largest absolute Gasteiger partial charge is 0.360 e. The lowest BCUT2D eigenvalue weighted by Gasteiger charge is -2.20. The fraction of sp³-hybridized carbons (Fsp3) is 0.333. The van der Waals surface area contributed by atoms with Gasteiger partial charge in [0.25, 0.3) is 5.91 Å². The van der Waals surface area contributed by atoms with E-state index in [0.717, 1.165) is 0 Å². The molecule has 4 nitrogen and oxygen atoms in total. The lowest BCUT2D eigenvalue weighted by atomic mass is 10.0. The number of carbonyl (C=O) groups excluding carboxylic acids is 1. The first kappa shape index (κ1) is 15.9. The summed E-state index contributed by atoms with van der Waals surface area (Å²) in [4.78, 5) is 12.5. The molecule has 1 aromatic carbocycles. The van der Waals surface area contributed by atoms with Crippen molar-refractivity contribution in [2.45, 2.75) is 33.2 Å². The molecule has 0 saturated carbocycles. The molecule has 0 spiro atoms. The van der Waals surface area contributed by atoms with Gasteiger partial charge in [-0.3, -0.25) is 4.79 Å². The number of nitrogens with one attached hydrogen (secondary N) is 1. The van der Waals surface area contributed by atoms with Gasteiger partial charge in [-0.1, -0.05) is 34.4 Å². The summed E-state index contributed by atoms with van der Waals surface area (Å²) in [6.45, 7) is 7.38. The van der Waals surface area contributed by atoms with Gasteiger partial charge in [0.2, 0.25) is 0 Å². The van der Waals surface area contributed by atoms with Crippen LogP contribution in [-0.2, 0) is 0 Å². The molecule has 6 heteroatoms. The molecular formula is C15H16Cl2N2O2. The van der Waals surface area contributed by atoms with Crippen molar-refractivity contribution in [3.63, 3.8) is 0 Å². The molecule has 0 aliphatic rings. The second-order valence-corrected chi connectivity index (χ2v) is 6.58. The number of hydrogen-bond donors (Lipinski definition) is 1. The molecule has 112 valence electrons. The number of aromatic nitrogens is 1. The Balaban J connectivity index is 2.56. The SMILES string of the molecule is Cc1onc(-c2c(Cl)cccc2Cl)c1C(=O)NC(C)(C)C. The Morgan fingerprint density at radius 1 is 1.24 bits per heavy atom. The van der Waals surface area contributed by atoms with Gasteiger partial charge >= 0.3 is 0 Å². The zero-order valence-electron chi connectivity index (χ0n) is 12.3. The number of nitrogens with zero attached hydrogens (tertiary/aromatic N) is 1. The maximum absolute atomic E-state index is 12.5. The van der Waals surface area contributed by atoms with Gasteiger partial charge in [0.05, 0.1) is 10.0 Å². The first-order valence-electron chi connectivity index (χ1n) is 6.44. The van der Waals surface area contributed by atoms with E-state index in [1.807, 2.05) is 20.8 Å². The summed E-state index contributed by atoms with van der Waals surface area (Å²) in [5.41, 5.74) is 0.823. The first-order valence-corrected chi connectivity index (χ1v) is 7.19.